The Balaban J connectivity index is 1.56. The number of nitrogens with one attached hydrogen (secondary N) is 2. The minimum absolute atomic E-state index is 0.238. The van der Waals surface area contributed by atoms with Gasteiger partial charge in [0.05, 0.1) is 5.25 Å². The Hall–Kier alpha value is -2.00. The quantitative estimate of drug-likeness (QED) is 0.814. The third-order valence-electron chi connectivity index (χ3n) is 3.92. The Labute approximate surface area is 159 Å². The van der Waals surface area contributed by atoms with Crippen LogP contribution in [0.5, 0.6) is 0 Å². The number of hydrogen-bond donors (Lipinski definition) is 2. The number of carbonyl (C=O) groups excluding carboxylic acids is 2. The van der Waals surface area contributed by atoms with Crippen LogP contribution < -0.4 is 10.6 Å². The molecule has 6 nitrogen and oxygen atoms in total. The monoisotopic (exact) mass is 394 g/mol. The second-order valence-electron chi connectivity index (χ2n) is 6.27. The van der Waals surface area contributed by atoms with Gasteiger partial charge >= 0.3 is 0 Å². The first-order valence-corrected chi connectivity index (χ1v) is 10.1. The maximum Gasteiger partial charge on any atom is 0.249 e. The van der Waals surface area contributed by atoms with Gasteiger partial charge in [0, 0.05) is 11.7 Å². The van der Waals surface area contributed by atoms with E-state index in [-0.39, 0.29) is 23.5 Å². The normalized spacial score (nSPS) is 20.1. The van der Waals surface area contributed by atoms with E-state index in [2.05, 4.69) is 20.8 Å². The number of hydrogen-bond acceptors (Lipinski definition) is 6. The molecule has 3 rings (SSSR count). The summed E-state index contributed by atoms with van der Waals surface area (Å²) in [6, 6.07) is 5.77. The Kier molecular flexibility index (Phi) is 5.87. The van der Waals surface area contributed by atoms with Gasteiger partial charge in [-0.05, 0) is 18.1 Å². The summed E-state index contributed by atoms with van der Waals surface area (Å²) in [6.07, 6.45) is 0.297. The summed E-state index contributed by atoms with van der Waals surface area (Å²) in [4.78, 5) is 24.7. The van der Waals surface area contributed by atoms with Gasteiger partial charge in [-0.15, -0.1) is 22.0 Å². The molecule has 9 heteroatoms. The van der Waals surface area contributed by atoms with Crippen molar-refractivity contribution in [1.82, 2.24) is 15.5 Å². The van der Waals surface area contributed by atoms with E-state index in [1.54, 1.807) is 18.2 Å². The van der Waals surface area contributed by atoms with Crippen molar-refractivity contribution >= 4 is 40.0 Å². The smallest absolute Gasteiger partial charge is 0.249 e. The maximum absolute atomic E-state index is 13.8. The molecule has 0 radical (unpaired) electrons. The van der Waals surface area contributed by atoms with Crippen LogP contribution in [0.2, 0.25) is 0 Å². The van der Waals surface area contributed by atoms with Gasteiger partial charge in [0.1, 0.15) is 16.9 Å². The molecule has 2 heterocycles. The number of anilines is 1. The number of rotatable bonds is 5. The van der Waals surface area contributed by atoms with Crippen molar-refractivity contribution in [1.29, 1.82) is 0 Å². The number of amides is 2. The second-order valence-corrected chi connectivity index (χ2v) is 8.51. The van der Waals surface area contributed by atoms with Crippen LogP contribution in [0, 0.1) is 5.82 Å². The largest absolute Gasteiger partial charge is 0.343 e. The van der Waals surface area contributed by atoms with Crippen molar-refractivity contribution < 1.29 is 14.0 Å². The lowest BCUT2D eigenvalue weighted by Crippen LogP contribution is -2.52. The third kappa shape index (κ3) is 4.39. The van der Waals surface area contributed by atoms with Gasteiger partial charge in [0.25, 0.3) is 0 Å². The minimum atomic E-state index is -0.643. The van der Waals surface area contributed by atoms with Crippen LogP contribution in [0.3, 0.4) is 0 Å². The van der Waals surface area contributed by atoms with E-state index in [0.29, 0.717) is 22.9 Å². The van der Waals surface area contributed by atoms with Gasteiger partial charge in [-0.2, -0.15) is 0 Å². The molecule has 0 bridgehead atoms. The first kappa shape index (κ1) is 18.8. The van der Waals surface area contributed by atoms with Crippen LogP contribution in [0.4, 0.5) is 9.52 Å². The highest BCUT2D eigenvalue weighted by Gasteiger charge is 2.33. The summed E-state index contributed by atoms with van der Waals surface area (Å²) in [5.74, 6) is -0.237. The first-order valence-electron chi connectivity index (χ1n) is 8.23. The molecular weight excluding hydrogens is 375 g/mol. The van der Waals surface area contributed by atoms with Crippen molar-refractivity contribution in [2.75, 3.05) is 11.1 Å². The minimum Gasteiger partial charge on any atom is -0.343 e. The Morgan fingerprint density at radius 2 is 2.15 bits per heavy atom. The Morgan fingerprint density at radius 1 is 1.38 bits per heavy atom. The fraction of sp³-hybridized carbons (Fsp3) is 0.412. The highest BCUT2D eigenvalue weighted by Crippen LogP contribution is 2.25. The van der Waals surface area contributed by atoms with E-state index in [0.717, 1.165) is 5.01 Å². The van der Waals surface area contributed by atoms with Crippen LogP contribution >= 0.6 is 23.1 Å². The van der Waals surface area contributed by atoms with Crippen molar-refractivity contribution in [3.05, 3.63) is 40.7 Å². The molecule has 2 N–H and O–H groups in total. The van der Waals surface area contributed by atoms with E-state index in [9.17, 15) is 14.0 Å². The number of nitrogens with zero attached hydrogens (tertiary/aromatic N) is 2. The van der Waals surface area contributed by atoms with Gasteiger partial charge in [0.2, 0.25) is 16.9 Å². The van der Waals surface area contributed by atoms with Crippen molar-refractivity contribution in [2.45, 2.75) is 37.5 Å². The number of halogens is 1. The Morgan fingerprint density at radius 3 is 2.81 bits per heavy atom. The van der Waals surface area contributed by atoms with E-state index >= 15 is 0 Å². The van der Waals surface area contributed by atoms with Crippen LogP contribution in [-0.2, 0) is 16.0 Å². The van der Waals surface area contributed by atoms with Gasteiger partial charge in [0.15, 0.2) is 0 Å². The SMILES string of the molecule is CC(C)c1nnc(NC(=O)[C@@H]2CS[C@@H](Cc3ccccc3F)C(=O)N2)s1. The van der Waals surface area contributed by atoms with E-state index in [1.807, 2.05) is 13.8 Å². The van der Waals surface area contributed by atoms with E-state index < -0.39 is 11.3 Å². The van der Waals surface area contributed by atoms with Gasteiger partial charge in [-0.3, -0.25) is 14.9 Å². The molecule has 138 valence electrons. The molecule has 0 aliphatic carbocycles. The molecular formula is C17H19FN4O2S2. The topological polar surface area (TPSA) is 84.0 Å². The lowest BCUT2D eigenvalue weighted by atomic mass is 10.1. The zero-order valence-electron chi connectivity index (χ0n) is 14.4. The second kappa shape index (κ2) is 8.13. The molecule has 1 aliphatic rings. The summed E-state index contributed by atoms with van der Waals surface area (Å²) in [7, 11) is 0. The molecule has 1 saturated heterocycles. The molecule has 2 amide bonds. The zero-order valence-corrected chi connectivity index (χ0v) is 16.0. The number of carbonyl (C=O) groups is 2. The average molecular weight is 394 g/mol. The molecule has 0 spiro atoms. The maximum atomic E-state index is 13.8. The molecule has 1 aromatic heterocycles. The Bertz CT molecular complexity index is 812. The van der Waals surface area contributed by atoms with Crippen LogP contribution in [-0.4, -0.2) is 39.1 Å². The zero-order chi connectivity index (χ0) is 18.7. The van der Waals surface area contributed by atoms with Crippen LogP contribution in [0.25, 0.3) is 0 Å². The molecule has 0 saturated carbocycles. The molecule has 2 atom stereocenters. The molecule has 26 heavy (non-hydrogen) atoms. The highest BCUT2D eigenvalue weighted by atomic mass is 32.2. The summed E-state index contributed by atoms with van der Waals surface area (Å²) in [5, 5.41) is 14.2. The predicted molar refractivity (Wildman–Crippen MR) is 101 cm³/mol. The molecule has 0 unspecified atom stereocenters. The molecule has 1 aromatic carbocycles. The van der Waals surface area contributed by atoms with Crippen molar-refractivity contribution in [3.8, 4) is 0 Å². The standard InChI is InChI=1S/C17H19FN4O2S2/c1-9(2)16-21-22-17(26-16)20-14(23)12-8-25-13(15(24)19-12)7-10-5-3-4-6-11(10)18/h3-6,9,12-13H,7-8H2,1-2H3,(H,19,24)(H,20,22,23)/t12-,13-/m0/s1. The van der Waals surface area contributed by atoms with Gasteiger partial charge in [-0.25, -0.2) is 4.39 Å². The fourth-order valence-corrected chi connectivity index (χ4v) is 4.39. The van der Waals surface area contributed by atoms with E-state index in [1.165, 1.54) is 29.2 Å². The lowest BCUT2D eigenvalue weighted by Gasteiger charge is -2.27. The van der Waals surface area contributed by atoms with Crippen LogP contribution in [0.15, 0.2) is 24.3 Å². The first-order chi connectivity index (χ1) is 12.4. The number of benzene rings is 1. The van der Waals surface area contributed by atoms with Gasteiger partial charge in [-0.1, -0.05) is 43.4 Å². The summed E-state index contributed by atoms with van der Waals surface area (Å²) in [5.41, 5.74) is 0.498. The molecule has 1 aliphatic heterocycles. The lowest BCUT2D eigenvalue weighted by molar-refractivity contribution is -0.126. The highest BCUT2D eigenvalue weighted by molar-refractivity contribution is 8.00. The van der Waals surface area contributed by atoms with Gasteiger partial charge < -0.3 is 5.32 Å². The van der Waals surface area contributed by atoms with E-state index in [4.69, 9.17) is 0 Å². The summed E-state index contributed by atoms with van der Waals surface area (Å²) < 4.78 is 13.8. The van der Waals surface area contributed by atoms with Crippen LogP contribution in [0.1, 0.15) is 30.3 Å². The third-order valence-corrected chi connectivity index (χ3v) is 6.37. The number of aromatic nitrogens is 2. The van der Waals surface area contributed by atoms with Crippen molar-refractivity contribution in [2.24, 2.45) is 0 Å². The number of thioether (sulfide) groups is 1. The van der Waals surface area contributed by atoms with Crippen molar-refractivity contribution in [3.63, 3.8) is 0 Å². The summed E-state index contributed by atoms with van der Waals surface area (Å²) >= 11 is 2.68. The summed E-state index contributed by atoms with van der Waals surface area (Å²) in [6.45, 7) is 4.00. The molecule has 2 aromatic rings. The predicted octanol–water partition coefficient (Wildman–Crippen LogP) is 2.58. The fourth-order valence-electron chi connectivity index (χ4n) is 2.46. The average Bonchev–Trinajstić information content (AvgIpc) is 3.07. The molecule has 1 fully saturated rings.